The average Bonchev–Trinajstić information content (AvgIpc) is 2.31. The highest BCUT2D eigenvalue weighted by Crippen LogP contribution is 2.23. The molecule has 0 aliphatic carbocycles. The molecule has 0 aliphatic heterocycles. The number of halogens is 1. The third-order valence-electron chi connectivity index (χ3n) is 2.42. The summed E-state index contributed by atoms with van der Waals surface area (Å²) in [6.45, 7) is 2.17. The molecule has 1 aromatic heterocycles. The van der Waals surface area contributed by atoms with Gasteiger partial charge in [-0.05, 0) is 12.0 Å². The number of rotatable bonds is 3. The lowest BCUT2D eigenvalue weighted by Crippen LogP contribution is -1.88. The molecule has 82 valence electrons. The highest BCUT2D eigenvalue weighted by atomic mass is 35.5. The Bertz CT molecular complexity index is 466. The smallest absolute Gasteiger partial charge is 0.155 e. The van der Waals surface area contributed by atoms with Crippen LogP contribution in [0.5, 0.6) is 0 Å². The minimum absolute atomic E-state index is 0.450. The van der Waals surface area contributed by atoms with E-state index in [9.17, 15) is 0 Å². The van der Waals surface area contributed by atoms with Gasteiger partial charge < -0.3 is 0 Å². The molecule has 1 aromatic carbocycles. The van der Waals surface area contributed by atoms with Crippen molar-refractivity contribution in [1.29, 1.82) is 0 Å². The monoisotopic (exact) mass is 232 g/mol. The van der Waals surface area contributed by atoms with E-state index in [-0.39, 0.29) is 0 Å². The molecule has 0 unspecified atom stereocenters. The van der Waals surface area contributed by atoms with Crippen molar-refractivity contribution in [2.24, 2.45) is 0 Å². The summed E-state index contributed by atoms with van der Waals surface area (Å²) in [6, 6.07) is 8.31. The van der Waals surface area contributed by atoms with E-state index in [0.717, 1.165) is 24.1 Å². The first kappa shape index (κ1) is 11.1. The summed E-state index contributed by atoms with van der Waals surface area (Å²) in [7, 11) is 0. The van der Waals surface area contributed by atoms with Crippen molar-refractivity contribution in [3.05, 3.63) is 47.4 Å². The Kier molecular flexibility index (Phi) is 3.52. The minimum Gasteiger partial charge on any atom is -0.251 e. The summed E-state index contributed by atoms with van der Waals surface area (Å²) in [5.41, 5.74) is 3.09. The number of aromatic nitrogens is 2. The topological polar surface area (TPSA) is 25.8 Å². The first-order valence-electron chi connectivity index (χ1n) is 5.37. The molecule has 2 rings (SSSR count). The fraction of sp³-hybridized carbons (Fsp3) is 0.231. The first-order valence-corrected chi connectivity index (χ1v) is 5.75. The van der Waals surface area contributed by atoms with Crippen LogP contribution in [0.4, 0.5) is 0 Å². The van der Waals surface area contributed by atoms with E-state index in [1.807, 2.05) is 12.1 Å². The second-order valence-electron chi connectivity index (χ2n) is 3.64. The molecule has 0 saturated carbocycles. The van der Waals surface area contributed by atoms with Crippen LogP contribution in [-0.2, 0) is 6.42 Å². The molecule has 0 saturated heterocycles. The predicted molar refractivity (Wildman–Crippen MR) is 66.5 cm³/mol. The summed E-state index contributed by atoms with van der Waals surface area (Å²) in [5, 5.41) is 0.450. The summed E-state index contributed by atoms with van der Waals surface area (Å²) in [6.07, 6.45) is 5.51. The van der Waals surface area contributed by atoms with E-state index in [2.05, 4.69) is 29.0 Å². The second-order valence-corrected chi connectivity index (χ2v) is 4.00. The van der Waals surface area contributed by atoms with Crippen molar-refractivity contribution in [1.82, 2.24) is 9.97 Å². The zero-order valence-corrected chi connectivity index (χ0v) is 9.91. The molecule has 3 heteroatoms. The molecule has 16 heavy (non-hydrogen) atoms. The van der Waals surface area contributed by atoms with Crippen molar-refractivity contribution < 1.29 is 0 Å². The Balaban J connectivity index is 2.31. The van der Waals surface area contributed by atoms with Crippen molar-refractivity contribution >= 4 is 11.6 Å². The number of benzene rings is 1. The highest BCUT2D eigenvalue weighted by Gasteiger charge is 2.04. The van der Waals surface area contributed by atoms with Gasteiger partial charge in [-0.25, -0.2) is 4.98 Å². The summed E-state index contributed by atoms with van der Waals surface area (Å²) < 4.78 is 0. The quantitative estimate of drug-likeness (QED) is 0.806. The lowest BCUT2D eigenvalue weighted by molar-refractivity contribution is 0.922. The summed E-state index contributed by atoms with van der Waals surface area (Å²) in [5.74, 6) is 0. The Hall–Kier alpha value is -1.41. The summed E-state index contributed by atoms with van der Waals surface area (Å²) in [4.78, 5) is 8.25. The summed E-state index contributed by atoms with van der Waals surface area (Å²) >= 11 is 5.99. The molecule has 0 N–H and O–H groups in total. The van der Waals surface area contributed by atoms with Gasteiger partial charge in [-0.1, -0.05) is 49.2 Å². The van der Waals surface area contributed by atoms with Gasteiger partial charge in [0.2, 0.25) is 0 Å². The standard InChI is InChI=1S/C13H13ClN2/c1-2-3-10-4-6-11(7-5-10)12-13(14)16-9-8-15-12/h4-9H,2-3H2,1H3. The fourth-order valence-electron chi connectivity index (χ4n) is 1.63. The van der Waals surface area contributed by atoms with Crippen molar-refractivity contribution in [3.8, 4) is 11.3 Å². The fourth-order valence-corrected chi connectivity index (χ4v) is 1.85. The maximum Gasteiger partial charge on any atom is 0.155 e. The molecule has 1 heterocycles. The number of nitrogens with zero attached hydrogens (tertiary/aromatic N) is 2. The largest absolute Gasteiger partial charge is 0.251 e. The molecule has 0 radical (unpaired) electrons. The molecule has 2 aromatic rings. The zero-order chi connectivity index (χ0) is 11.4. The van der Waals surface area contributed by atoms with Crippen molar-refractivity contribution in [2.45, 2.75) is 19.8 Å². The van der Waals surface area contributed by atoms with Gasteiger partial charge in [0.15, 0.2) is 5.15 Å². The van der Waals surface area contributed by atoms with Crippen LogP contribution in [0.3, 0.4) is 0 Å². The molecular weight excluding hydrogens is 220 g/mol. The van der Waals surface area contributed by atoms with Crippen LogP contribution in [0.15, 0.2) is 36.7 Å². The van der Waals surface area contributed by atoms with Gasteiger partial charge in [-0.15, -0.1) is 0 Å². The van der Waals surface area contributed by atoms with E-state index >= 15 is 0 Å². The van der Waals surface area contributed by atoms with E-state index < -0.39 is 0 Å². The van der Waals surface area contributed by atoms with E-state index in [1.165, 1.54) is 5.56 Å². The Morgan fingerprint density at radius 1 is 1.06 bits per heavy atom. The van der Waals surface area contributed by atoms with Crippen molar-refractivity contribution in [3.63, 3.8) is 0 Å². The number of hydrogen-bond acceptors (Lipinski definition) is 2. The van der Waals surface area contributed by atoms with Crippen LogP contribution in [0.25, 0.3) is 11.3 Å². The first-order chi connectivity index (χ1) is 7.81. The van der Waals surface area contributed by atoms with E-state index in [1.54, 1.807) is 12.4 Å². The van der Waals surface area contributed by atoms with Crippen molar-refractivity contribution in [2.75, 3.05) is 0 Å². The molecule has 0 aliphatic rings. The van der Waals surface area contributed by atoms with Gasteiger partial charge in [0.05, 0.1) is 0 Å². The maximum absolute atomic E-state index is 5.99. The van der Waals surface area contributed by atoms with Crippen LogP contribution in [0.2, 0.25) is 5.15 Å². The van der Waals surface area contributed by atoms with Gasteiger partial charge in [0.25, 0.3) is 0 Å². The predicted octanol–water partition coefficient (Wildman–Crippen LogP) is 3.75. The van der Waals surface area contributed by atoms with Crippen LogP contribution in [-0.4, -0.2) is 9.97 Å². The SMILES string of the molecule is CCCc1ccc(-c2nccnc2Cl)cc1. The van der Waals surface area contributed by atoms with Gasteiger partial charge in [-0.2, -0.15) is 0 Å². The van der Waals surface area contributed by atoms with Gasteiger partial charge >= 0.3 is 0 Å². The van der Waals surface area contributed by atoms with Gasteiger partial charge in [-0.3, -0.25) is 4.98 Å². The normalized spacial score (nSPS) is 10.4. The van der Waals surface area contributed by atoms with Crippen LogP contribution < -0.4 is 0 Å². The molecule has 2 nitrogen and oxygen atoms in total. The molecule has 0 fully saturated rings. The molecule has 0 atom stereocenters. The number of aryl methyl sites for hydroxylation is 1. The minimum atomic E-state index is 0.450. The maximum atomic E-state index is 5.99. The van der Waals surface area contributed by atoms with Gasteiger partial charge in [0.1, 0.15) is 5.69 Å². The third-order valence-corrected chi connectivity index (χ3v) is 2.70. The Labute approximate surface area is 100 Å². The molecule has 0 bridgehead atoms. The van der Waals surface area contributed by atoms with E-state index in [4.69, 9.17) is 11.6 Å². The lowest BCUT2D eigenvalue weighted by atomic mass is 10.1. The van der Waals surface area contributed by atoms with Gasteiger partial charge in [0, 0.05) is 18.0 Å². The van der Waals surface area contributed by atoms with Crippen LogP contribution in [0.1, 0.15) is 18.9 Å². The average molecular weight is 233 g/mol. The van der Waals surface area contributed by atoms with E-state index in [0.29, 0.717) is 5.15 Å². The Morgan fingerprint density at radius 3 is 2.38 bits per heavy atom. The number of hydrogen-bond donors (Lipinski definition) is 0. The zero-order valence-electron chi connectivity index (χ0n) is 9.15. The lowest BCUT2D eigenvalue weighted by Gasteiger charge is -2.03. The molecule has 0 amide bonds. The highest BCUT2D eigenvalue weighted by molar-refractivity contribution is 6.31. The molecule has 0 spiro atoms. The van der Waals surface area contributed by atoms with Crippen LogP contribution >= 0.6 is 11.6 Å². The van der Waals surface area contributed by atoms with Crippen LogP contribution in [0, 0.1) is 0 Å². The third kappa shape index (κ3) is 2.39. The Morgan fingerprint density at radius 2 is 1.75 bits per heavy atom. The molecular formula is C13H13ClN2. The second kappa shape index (κ2) is 5.08.